The molecule has 1 saturated carbocycles. The van der Waals surface area contributed by atoms with Gasteiger partial charge in [-0.1, -0.05) is 37.1 Å². The Morgan fingerprint density at radius 2 is 2.19 bits per heavy atom. The van der Waals surface area contributed by atoms with E-state index in [1.165, 1.54) is 44.1 Å². The molecule has 2 aliphatic carbocycles. The smallest absolute Gasteiger partial charge is 0.407 e. The molecule has 1 saturated heterocycles. The van der Waals surface area contributed by atoms with Gasteiger partial charge in [0.05, 0.1) is 5.54 Å². The number of nitrogens with one attached hydrogen (secondary N) is 1. The Labute approximate surface area is 157 Å². The van der Waals surface area contributed by atoms with Crippen LogP contribution in [-0.2, 0) is 17.6 Å². The van der Waals surface area contributed by atoms with Crippen LogP contribution in [0.3, 0.4) is 0 Å². The number of cyclic esters (lactones) is 1. The molecule has 1 spiro atoms. The van der Waals surface area contributed by atoms with E-state index in [4.69, 9.17) is 4.74 Å². The number of benzene rings is 1. The van der Waals surface area contributed by atoms with Gasteiger partial charge in [0.1, 0.15) is 6.61 Å². The van der Waals surface area contributed by atoms with Gasteiger partial charge in [-0.3, -0.25) is 0 Å². The first-order valence-electron chi connectivity index (χ1n) is 10.3. The van der Waals surface area contributed by atoms with Gasteiger partial charge < -0.3 is 10.1 Å². The minimum Gasteiger partial charge on any atom is -0.447 e. The van der Waals surface area contributed by atoms with Crippen molar-refractivity contribution in [2.24, 2.45) is 5.92 Å². The quantitative estimate of drug-likeness (QED) is 0.558. The molecule has 1 aliphatic heterocycles. The van der Waals surface area contributed by atoms with Crippen LogP contribution in [0.2, 0.25) is 0 Å². The predicted molar refractivity (Wildman–Crippen MR) is 104 cm³/mol. The summed E-state index contributed by atoms with van der Waals surface area (Å²) in [6.45, 7) is 4.36. The first kappa shape index (κ1) is 17.6. The molecule has 1 unspecified atom stereocenters. The van der Waals surface area contributed by atoms with Gasteiger partial charge in [0, 0.05) is 0 Å². The molecule has 140 valence electrons. The molecule has 0 bridgehead atoms. The van der Waals surface area contributed by atoms with Gasteiger partial charge >= 0.3 is 6.09 Å². The molecule has 2 fully saturated rings. The van der Waals surface area contributed by atoms with E-state index >= 15 is 0 Å². The van der Waals surface area contributed by atoms with E-state index in [0.29, 0.717) is 12.5 Å². The lowest BCUT2D eigenvalue weighted by Gasteiger charge is -2.26. The predicted octanol–water partition coefficient (Wildman–Crippen LogP) is 5.28. The zero-order chi connectivity index (χ0) is 18.0. The van der Waals surface area contributed by atoms with Crippen LogP contribution in [0.4, 0.5) is 4.79 Å². The van der Waals surface area contributed by atoms with Crippen LogP contribution in [0.15, 0.2) is 30.9 Å². The number of allylic oxidation sites excluding steroid dienone is 1. The highest BCUT2D eigenvalue weighted by Crippen LogP contribution is 2.43. The topological polar surface area (TPSA) is 38.3 Å². The summed E-state index contributed by atoms with van der Waals surface area (Å²) in [7, 11) is 0. The van der Waals surface area contributed by atoms with Gasteiger partial charge in [0.15, 0.2) is 0 Å². The third-order valence-corrected chi connectivity index (χ3v) is 6.76. The maximum atomic E-state index is 11.4. The monoisotopic (exact) mass is 353 g/mol. The SMILES string of the molecule is C=CCCCCC1CCc2cc([C@H]3CC[C@]4(COC(=O)N4)C3)ccc2C1. The lowest BCUT2D eigenvalue weighted by molar-refractivity contribution is 0.172. The Kier molecular flexibility index (Phi) is 5.06. The van der Waals surface area contributed by atoms with Crippen LogP contribution >= 0.6 is 0 Å². The molecule has 0 aromatic heterocycles. The number of unbranched alkanes of at least 4 members (excludes halogenated alkanes) is 2. The minimum absolute atomic E-state index is 0.103. The highest BCUT2D eigenvalue weighted by molar-refractivity contribution is 5.70. The van der Waals surface area contributed by atoms with Crippen molar-refractivity contribution in [1.82, 2.24) is 5.32 Å². The summed E-state index contributed by atoms with van der Waals surface area (Å²) in [5.41, 5.74) is 4.50. The molecule has 0 radical (unpaired) electrons. The molecule has 3 atom stereocenters. The van der Waals surface area contributed by atoms with Crippen LogP contribution in [0.5, 0.6) is 0 Å². The summed E-state index contributed by atoms with van der Waals surface area (Å²) in [5.74, 6) is 1.41. The summed E-state index contributed by atoms with van der Waals surface area (Å²) in [6.07, 6.45) is 13.9. The highest BCUT2D eigenvalue weighted by Gasteiger charge is 2.46. The third-order valence-electron chi connectivity index (χ3n) is 6.76. The summed E-state index contributed by atoms with van der Waals surface area (Å²) in [6, 6.07) is 7.19. The zero-order valence-corrected chi connectivity index (χ0v) is 15.8. The number of carbonyl (C=O) groups is 1. The Hall–Kier alpha value is -1.77. The van der Waals surface area contributed by atoms with Crippen molar-refractivity contribution in [3.63, 3.8) is 0 Å². The van der Waals surface area contributed by atoms with E-state index in [-0.39, 0.29) is 11.6 Å². The average Bonchev–Trinajstić information content (AvgIpc) is 3.24. The average molecular weight is 354 g/mol. The fourth-order valence-corrected chi connectivity index (χ4v) is 5.22. The summed E-state index contributed by atoms with van der Waals surface area (Å²) in [4.78, 5) is 11.4. The number of ether oxygens (including phenoxy) is 1. The van der Waals surface area contributed by atoms with Crippen molar-refractivity contribution in [1.29, 1.82) is 0 Å². The molecule has 1 N–H and O–H groups in total. The lowest BCUT2D eigenvalue weighted by Crippen LogP contribution is -2.40. The molecule has 1 aromatic rings. The van der Waals surface area contributed by atoms with Gasteiger partial charge in [0.25, 0.3) is 0 Å². The fourth-order valence-electron chi connectivity index (χ4n) is 5.22. The molecule has 3 heteroatoms. The van der Waals surface area contributed by atoms with E-state index < -0.39 is 0 Å². The number of hydrogen-bond donors (Lipinski definition) is 1. The number of hydrogen-bond acceptors (Lipinski definition) is 2. The van der Waals surface area contributed by atoms with E-state index in [1.807, 2.05) is 6.08 Å². The third kappa shape index (κ3) is 3.67. The Morgan fingerprint density at radius 3 is 3.00 bits per heavy atom. The number of rotatable bonds is 6. The molecular formula is C23H31NO2. The van der Waals surface area contributed by atoms with Crippen molar-refractivity contribution in [2.45, 2.75) is 75.7 Å². The number of fused-ring (bicyclic) bond motifs is 1. The Morgan fingerprint density at radius 1 is 1.27 bits per heavy atom. The normalized spacial score (nSPS) is 30.1. The van der Waals surface area contributed by atoms with Gasteiger partial charge in [-0.25, -0.2) is 4.79 Å². The second-order valence-electron chi connectivity index (χ2n) is 8.63. The van der Waals surface area contributed by atoms with E-state index in [1.54, 1.807) is 11.1 Å². The van der Waals surface area contributed by atoms with Crippen LogP contribution in [0, 0.1) is 5.92 Å². The zero-order valence-electron chi connectivity index (χ0n) is 15.8. The van der Waals surface area contributed by atoms with E-state index in [2.05, 4.69) is 30.1 Å². The number of alkyl carbamates (subject to hydrolysis) is 1. The fraction of sp³-hybridized carbons (Fsp3) is 0.609. The standard InChI is InChI=1S/C23H31NO2/c1-2-3-4-5-6-17-7-8-19-14-20(10-9-18(19)13-17)21-11-12-23(15-21)16-26-22(25)24-23/h2,9-10,14,17,21H,1,3-8,11-13,15-16H2,(H,24,25)/t17?,21-,23+/m0/s1. The van der Waals surface area contributed by atoms with E-state index in [9.17, 15) is 4.79 Å². The van der Waals surface area contributed by atoms with E-state index in [0.717, 1.165) is 31.6 Å². The molecule has 1 amide bonds. The highest BCUT2D eigenvalue weighted by atomic mass is 16.6. The molecular weight excluding hydrogens is 322 g/mol. The van der Waals surface area contributed by atoms with Crippen LogP contribution < -0.4 is 5.32 Å². The summed E-state index contributed by atoms with van der Waals surface area (Å²) < 4.78 is 5.17. The first-order valence-corrected chi connectivity index (χ1v) is 10.3. The first-order chi connectivity index (χ1) is 12.7. The largest absolute Gasteiger partial charge is 0.447 e. The summed E-state index contributed by atoms with van der Waals surface area (Å²) >= 11 is 0. The molecule has 3 aliphatic rings. The van der Waals surface area contributed by atoms with Gasteiger partial charge in [-0.15, -0.1) is 6.58 Å². The molecule has 1 heterocycles. The lowest BCUT2D eigenvalue weighted by atomic mass is 9.79. The number of amides is 1. The molecule has 26 heavy (non-hydrogen) atoms. The molecule has 3 nitrogen and oxygen atoms in total. The molecule has 1 aromatic carbocycles. The maximum Gasteiger partial charge on any atom is 0.407 e. The second kappa shape index (κ2) is 7.46. The summed E-state index contributed by atoms with van der Waals surface area (Å²) in [5, 5.41) is 3.06. The molecule has 4 rings (SSSR count). The second-order valence-corrected chi connectivity index (χ2v) is 8.63. The van der Waals surface area contributed by atoms with Gasteiger partial charge in [-0.2, -0.15) is 0 Å². The van der Waals surface area contributed by atoms with Gasteiger partial charge in [-0.05, 0) is 79.9 Å². The Balaban J connectivity index is 1.37. The maximum absolute atomic E-state index is 11.4. The van der Waals surface area contributed by atoms with Crippen LogP contribution in [-0.4, -0.2) is 18.2 Å². The van der Waals surface area contributed by atoms with Gasteiger partial charge in [0.2, 0.25) is 0 Å². The van der Waals surface area contributed by atoms with Crippen molar-refractivity contribution in [3.05, 3.63) is 47.5 Å². The number of carbonyl (C=O) groups excluding carboxylic acids is 1. The van der Waals surface area contributed by atoms with Crippen LogP contribution in [0.25, 0.3) is 0 Å². The van der Waals surface area contributed by atoms with Crippen LogP contribution in [0.1, 0.15) is 74.0 Å². The number of aryl methyl sites for hydroxylation is 1. The van der Waals surface area contributed by atoms with Crippen molar-refractivity contribution >= 4 is 6.09 Å². The van der Waals surface area contributed by atoms with Crippen molar-refractivity contribution in [2.75, 3.05) is 6.61 Å². The minimum atomic E-state index is -0.241. The van der Waals surface area contributed by atoms with Crippen molar-refractivity contribution in [3.8, 4) is 0 Å². The van der Waals surface area contributed by atoms with Crippen molar-refractivity contribution < 1.29 is 9.53 Å². The Bertz CT molecular complexity index is 683.